The summed E-state index contributed by atoms with van der Waals surface area (Å²) in [5, 5.41) is 0. The summed E-state index contributed by atoms with van der Waals surface area (Å²) in [6.07, 6.45) is 0.777. The minimum Gasteiger partial charge on any atom is -0.456 e. The molecular formula is C14H18O3. The highest BCUT2D eigenvalue weighted by Gasteiger charge is 2.21. The monoisotopic (exact) mass is 234 g/mol. The van der Waals surface area contributed by atoms with Crippen LogP contribution in [0.3, 0.4) is 0 Å². The number of rotatable bonds is 2. The van der Waals surface area contributed by atoms with Crippen molar-refractivity contribution in [2.24, 2.45) is 0 Å². The van der Waals surface area contributed by atoms with Crippen LogP contribution in [0.2, 0.25) is 0 Å². The van der Waals surface area contributed by atoms with Crippen LogP contribution in [0.5, 0.6) is 0 Å². The van der Waals surface area contributed by atoms with Gasteiger partial charge in [0.15, 0.2) is 0 Å². The van der Waals surface area contributed by atoms with Gasteiger partial charge in [-0.25, -0.2) is 4.79 Å². The summed E-state index contributed by atoms with van der Waals surface area (Å²) in [6, 6.07) is 3.39. The summed E-state index contributed by atoms with van der Waals surface area (Å²) in [4.78, 5) is 22.7. The van der Waals surface area contributed by atoms with Gasteiger partial charge in [-0.3, -0.25) is 4.79 Å². The van der Waals surface area contributed by atoms with Crippen molar-refractivity contribution in [3.63, 3.8) is 0 Å². The van der Waals surface area contributed by atoms with E-state index in [4.69, 9.17) is 4.74 Å². The molecule has 17 heavy (non-hydrogen) atoms. The first kappa shape index (κ1) is 13.4. The Balaban J connectivity index is 3.15. The van der Waals surface area contributed by atoms with Crippen molar-refractivity contribution >= 4 is 12.3 Å². The molecule has 0 aliphatic carbocycles. The first-order chi connectivity index (χ1) is 7.74. The van der Waals surface area contributed by atoms with Crippen LogP contribution in [0.15, 0.2) is 12.1 Å². The van der Waals surface area contributed by atoms with Gasteiger partial charge >= 0.3 is 5.97 Å². The highest BCUT2D eigenvalue weighted by molar-refractivity contribution is 5.94. The highest BCUT2D eigenvalue weighted by atomic mass is 16.6. The zero-order valence-corrected chi connectivity index (χ0v) is 11.0. The molecule has 0 amide bonds. The molecule has 0 radical (unpaired) electrons. The number of aldehydes is 1. The average molecular weight is 234 g/mol. The van der Waals surface area contributed by atoms with E-state index in [2.05, 4.69) is 0 Å². The third-order valence-corrected chi connectivity index (χ3v) is 2.29. The Labute approximate surface area is 102 Å². The van der Waals surface area contributed by atoms with Crippen molar-refractivity contribution in [2.75, 3.05) is 0 Å². The number of carbonyl (C=O) groups excluding carboxylic acids is 2. The molecule has 0 saturated heterocycles. The molecule has 0 N–H and O–H groups in total. The number of hydrogen-bond donors (Lipinski definition) is 0. The Kier molecular flexibility index (Phi) is 3.71. The Morgan fingerprint density at radius 3 is 2.00 bits per heavy atom. The smallest absolute Gasteiger partial charge is 0.339 e. The minimum atomic E-state index is -0.515. The normalized spacial score (nSPS) is 11.1. The maximum atomic E-state index is 12.0. The van der Waals surface area contributed by atoms with E-state index in [1.165, 1.54) is 0 Å². The minimum absolute atomic E-state index is 0.343. The third kappa shape index (κ3) is 3.41. The summed E-state index contributed by atoms with van der Waals surface area (Å²) in [7, 11) is 0. The fourth-order valence-corrected chi connectivity index (χ4v) is 1.72. The van der Waals surface area contributed by atoms with Gasteiger partial charge in [0, 0.05) is 5.56 Å². The second-order valence-electron chi connectivity index (χ2n) is 5.15. The third-order valence-electron chi connectivity index (χ3n) is 2.29. The van der Waals surface area contributed by atoms with E-state index in [1.807, 2.05) is 20.8 Å². The molecule has 3 heteroatoms. The van der Waals surface area contributed by atoms with E-state index in [1.54, 1.807) is 26.0 Å². The molecule has 0 aliphatic heterocycles. The van der Waals surface area contributed by atoms with Gasteiger partial charge in [0.1, 0.15) is 11.9 Å². The topological polar surface area (TPSA) is 43.4 Å². The summed E-state index contributed by atoms with van der Waals surface area (Å²) in [5.74, 6) is -0.343. The average Bonchev–Trinajstić information content (AvgIpc) is 2.13. The summed E-state index contributed by atoms with van der Waals surface area (Å²) >= 11 is 0. The molecular weight excluding hydrogens is 216 g/mol. The Morgan fingerprint density at radius 1 is 1.18 bits per heavy atom. The van der Waals surface area contributed by atoms with Gasteiger partial charge in [-0.15, -0.1) is 0 Å². The quantitative estimate of drug-likeness (QED) is 0.583. The molecule has 3 nitrogen and oxygen atoms in total. The van der Waals surface area contributed by atoms with Gasteiger partial charge in [-0.05, 0) is 57.9 Å². The van der Waals surface area contributed by atoms with Gasteiger partial charge in [-0.2, -0.15) is 0 Å². The Hall–Kier alpha value is -1.64. The summed E-state index contributed by atoms with van der Waals surface area (Å²) in [5.41, 5.74) is 2.14. The first-order valence-corrected chi connectivity index (χ1v) is 5.54. The van der Waals surface area contributed by atoms with Crippen molar-refractivity contribution in [3.05, 3.63) is 34.4 Å². The molecule has 0 spiro atoms. The number of benzene rings is 1. The van der Waals surface area contributed by atoms with Gasteiger partial charge < -0.3 is 4.74 Å². The number of esters is 1. The molecule has 0 atom stereocenters. The van der Waals surface area contributed by atoms with E-state index in [0.717, 1.165) is 17.4 Å². The van der Waals surface area contributed by atoms with Crippen LogP contribution in [-0.4, -0.2) is 17.9 Å². The van der Waals surface area contributed by atoms with E-state index < -0.39 is 5.60 Å². The predicted octanol–water partition coefficient (Wildman–Crippen LogP) is 3.07. The van der Waals surface area contributed by atoms with Crippen molar-refractivity contribution in [2.45, 2.75) is 40.2 Å². The van der Waals surface area contributed by atoms with E-state index in [0.29, 0.717) is 11.1 Å². The van der Waals surface area contributed by atoms with Crippen LogP contribution in [-0.2, 0) is 4.74 Å². The maximum absolute atomic E-state index is 12.0. The van der Waals surface area contributed by atoms with Gasteiger partial charge in [-0.1, -0.05) is 0 Å². The number of ether oxygens (including phenoxy) is 1. The number of carbonyl (C=O) groups is 2. The van der Waals surface area contributed by atoms with E-state index in [-0.39, 0.29) is 5.97 Å². The van der Waals surface area contributed by atoms with Crippen molar-refractivity contribution < 1.29 is 14.3 Å². The molecule has 0 heterocycles. The molecule has 0 unspecified atom stereocenters. The lowest BCUT2D eigenvalue weighted by Crippen LogP contribution is -2.25. The van der Waals surface area contributed by atoms with Crippen LogP contribution >= 0.6 is 0 Å². The second-order valence-corrected chi connectivity index (χ2v) is 5.15. The summed E-state index contributed by atoms with van der Waals surface area (Å²) < 4.78 is 5.33. The van der Waals surface area contributed by atoms with Crippen molar-refractivity contribution in [3.8, 4) is 0 Å². The molecule has 0 aromatic heterocycles. The summed E-state index contributed by atoms with van der Waals surface area (Å²) in [6.45, 7) is 9.10. The molecule has 1 aromatic carbocycles. The zero-order valence-electron chi connectivity index (χ0n) is 11.0. The molecule has 0 aliphatic rings. The lowest BCUT2D eigenvalue weighted by atomic mass is 9.99. The van der Waals surface area contributed by atoms with Crippen LogP contribution in [0.4, 0.5) is 0 Å². The Morgan fingerprint density at radius 2 is 1.65 bits per heavy atom. The second kappa shape index (κ2) is 4.70. The standard InChI is InChI=1S/C14H18O3/c1-9-6-11(8-15)7-10(2)12(9)13(16)17-14(3,4)5/h6-8H,1-5H3. The largest absolute Gasteiger partial charge is 0.456 e. The van der Waals surface area contributed by atoms with Gasteiger partial charge in [0.05, 0.1) is 5.56 Å². The van der Waals surface area contributed by atoms with Crippen molar-refractivity contribution in [1.29, 1.82) is 0 Å². The van der Waals surface area contributed by atoms with Crippen LogP contribution < -0.4 is 0 Å². The molecule has 0 bridgehead atoms. The van der Waals surface area contributed by atoms with Crippen LogP contribution in [0, 0.1) is 13.8 Å². The van der Waals surface area contributed by atoms with Gasteiger partial charge in [0.25, 0.3) is 0 Å². The van der Waals surface area contributed by atoms with Crippen molar-refractivity contribution in [1.82, 2.24) is 0 Å². The molecule has 92 valence electrons. The lowest BCUT2D eigenvalue weighted by molar-refractivity contribution is 0.00678. The van der Waals surface area contributed by atoms with E-state index >= 15 is 0 Å². The maximum Gasteiger partial charge on any atom is 0.339 e. The first-order valence-electron chi connectivity index (χ1n) is 5.54. The highest BCUT2D eigenvalue weighted by Crippen LogP contribution is 2.20. The van der Waals surface area contributed by atoms with Crippen LogP contribution in [0.1, 0.15) is 52.6 Å². The van der Waals surface area contributed by atoms with E-state index in [9.17, 15) is 9.59 Å². The molecule has 1 rings (SSSR count). The van der Waals surface area contributed by atoms with Gasteiger partial charge in [0.2, 0.25) is 0 Å². The molecule has 1 aromatic rings. The predicted molar refractivity (Wildman–Crippen MR) is 66.5 cm³/mol. The zero-order chi connectivity index (χ0) is 13.2. The molecule has 0 saturated carbocycles. The molecule has 0 fully saturated rings. The SMILES string of the molecule is Cc1cc(C=O)cc(C)c1C(=O)OC(C)(C)C. The fraction of sp³-hybridized carbons (Fsp3) is 0.429. The number of hydrogen-bond acceptors (Lipinski definition) is 3. The van der Waals surface area contributed by atoms with Crippen LogP contribution in [0.25, 0.3) is 0 Å². The Bertz CT molecular complexity index is 430. The lowest BCUT2D eigenvalue weighted by Gasteiger charge is -2.21. The number of aryl methyl sites for hydroxylation is 2. The fourth-order valence-electron chi connectivity index (χ4n) is 1.72.